The summed E-state index contributed by atoms with van der Waals surface area (Å²) in [5, 5.41) is 4.34. The molecule has 0 aliphatic heterocycles. The zero-order valence-corrected chi connectivity index (χ0v) is 7.80. The van der Waals surface area contributed by atoms with Gasteiger partial charge in [-0.1, -0.05) is 6.07 Å². The summed E-state index contributed by atoms with van der Waals surface area (Å²) in [6.45, 7) is 1.34. The topological polar surface area (TPSA) is 56.7 Å². The number of aromatic nitrogens is 3. The van der Waals surface area contributed by atoms with E-state index in [2.05, 4.69) is 10.1 Å². The summed E-state index contributed by atoms with van der Waals surface area (Å²) in [5.41, 5.74) is 7.21. The van der Waals surface area contributed by atoms with Gasteiger partial charge < -0.3 is 5.73 Å². The second-order valence-corrected chi connectivity index (χ2v) is 2.97. The van der Waals surface area contributed by atoms with Gasteiger partial charge in [0.25, 0.3) is 0 Å². The second kappa shape index (κ2) is 4.02. The Hall–Kier alpha value is -1.68. The molecule has 2 heterocycles. The molecule has 72 valence electrons. The van der Waals surface area contributed by atoms with Gasteiger partial charge in [-0.3, -0.25) is 9.67 Å². The maximum absolute atomic E-state index is 5.43. The summed E-state index contributed by atoms with van der Waals surface area (Å²) in [6.07, 6.45) is 3.67. The average Bonchev–Trinajstić information content (AvgIpc) is 2.68. The van der Waals surface area contributed by atoms with E-state index in [1.54, 1.807) is 6.20 Å². The van der Waals surface area contributed by atoms with Crippen molar-refractivity contribution in [3.05, 3.63) is 36.7 Å². The third-order valence-corrected chi connectivity index (χ3v) is 1.93. The Bertz CT molecular complexity index is 394. The van der Waals surface area contributed by atoms with Crippen LogP contribution in [0.15, 0.2) is 36.7 Å². The van der Waals surface area contributed by atoms with Gasteiger partial charge in [0.05, 0.1) is 12.2 Å². The molecule has 0 atom stereocenters. The molecular formula is C10H12N4. The van der Waals surface area contributed by atoms with Crippen LogP contribution in [-0.2, 0) is 6.54 Å². The van der Waals surface area contributed by atoms with Crippen LogP contribution >= 0.6 is 0 Å². The molecule has 2 aromatic rings. The lowest BCUT2D eigenvalue weighted by atomic mass is 10.3. The molecule has 0 saturated heterocycles. The monoisotopic (exact) mass is 188 g/mol. The van der Waals surface area contributed by atoms with E-state index in [0.717, 1.165) is 17.9 Å². The lowest BCUT2D eigenvalue weighted by Gasteiger charge is -1.96. The number of nitrogens with two attached hydrogens (primary N) is 1. The van der Waals surface area contributed by atoms with E-state index in [0.29, 0.717) is 6.54 Å². The maximum Gasteiger partial charge on any atom is 0.111 e. The first-order valence-electron chi connectivity index (χ1n) is 4.55. The predicted octanol–water partition coefficient (Wildman–Crippen LogP) is 0.904. The largest absolute Gasteiger partial charge is 0.329 e. The van der Waals surface area contributed by atoms with Crippen LogP contribution in [0.1, 0.15) is 0 Å². The van der Waals surface area contributed by atoms with E-state index in [-0.39, 0.29) is 0 Å². The van der Waals surface area contributed by atoms with E-state index in [1.807, 2.05) is 35.1 Å². The van der Waals surface area contributed by atoms with Crippen molar-refractivity contribution in [1.29, 1.82) is 0 Å². The third kappa shape index (κ3) is 1.80. The van der Waals surface area contributed by atoms with Crippen LogP contribution in [0.25, 0.3) is 11.4 Å². The van der Waals surface area contributed by atoms with Crippen LogP contribution in [0.2, 0.25) is 0 Å². The Balaban J connectivity index is 2.25. The molecule has 14 heavy (non-hydrogen) atoms. The number of hydrogen-bond donors (Lipinski definition) is 1. The Kier molecular flexibility index (Phi) is 2.55. The van der Waals surface area contributed by atoms with Gasteiger partial charge in [0.15, 0.2) is 0 Å². The van der Waals surface area contributed by atoms with Crippen LogP contribution < -0.4 is 5.73 Å². The molecule has 0 fully saturated rings. The zero-order valence-electron chi connectivity index (χ0n) is 7.80. The summed E-state index contributed by atoms with van der Waals surface area (Å²) in [4.78, 5) is 4.22. The van der Waals surface area contributed by atoms with E-state index < -0.39 is 0 Å². The molecule has 2 N–H and O–H groups in total. The Morgan fingerprint density at radius 3 is 2.86 bits per heavy atom. The molecule has 4 heteroatoms. The molecule has 2 rings (SSSR count). The van der Waals surface area contributed by atoms with Gasteiger partial charge in [0.2, 0.25) is 0 Å². The fourth-order valence-electron chi connectivity index (χ4n) is 1.27. The molecule has 0 aliphatic rings. The minimum Gasteiger partial charge on any atom is -0.329 e. The smallest absolute Gasteiger partial charge is 0.111 e. The zero-order chi connectivity index (χ0) is 9.80. The van der Waals surface area contributed by atoms with Gasteiger partial charge >= 0.3 is 0 Å². The number of hydrogen-bond acceptors (Lipinski definition) is 3. The van der Waals surface area contributed by atoms with E-state index in [4.69, 9.17) is 5.73 Å². The van der Waals surface area contributed by atoms with Crippen LogP contribution in [0.3, 0.4) is 0 Å². The number of pyridine rings is 1. The fraction of sp³-hybridized carbons (Fsp3) is 0.200. The first kappa shape index (κ1) is 8.90. The van der Waals surface area contributed by atoms with Crippen molar-refractivity contribution in [2.75, 3.05) is 6.54 Å². The highest BCUT2D eigenvalue weighted by atomic mass is 15.3. The van der Waals surface area contributed by atoms with Gasteiger partial charge in [0.1, 0.15) is 5.69 Å². The van der Waals surface area contributed by atoms with Gasteiger partial charge in [-0.05, 0) is 18.2 Å². The van der Waals surface area contributed by atoms with Crippen molar-refractivity contribution in [1.82, 2.24) is 14.8 Å². The van der Waals surface area contributed by atoms with Crippen molar-refractivity contribution < 1.29 is 0 Å². The Morgan fingerprint density at radius 2 is 2.14 bits per heavy atom. The molecule has 0 aliphatic carbocycles. The van der Waals surface area contributed by atoms with Crippen LogP contribution in [-0.4, -0.2) is 21.3 Å². The fourth-order valence-corrected chi connectivity index (χ4v) is 1.27. The highest BCUT2D eigenvalue weighted by molar-refractivity contribution is 5.52. The Morgan fingerprint density at radius 1 is 1.21 bits per heavy atom. The predicted molar refractivity (Wildman–Crippen MR) is 54.5 cm³/mol. The van der Waals surface area contributed by atoms with Crippen molar-refractivity contribution in [3.8, 4) is 11.4 Å². The molecule has 0 unspecified atom stereocenters. The van der Waals surface area contributed by atoms with Crippen LogP contribution in [0.5, 0.6) is 0 Å². The van der Waals surface area contributed by atoms with Crippen molar-refractivity contribution in [2.45, 2.75) is 6.54 Å². The summed E-state index contributed by atoms with van der Waals surface area (Å²) < 4.78 is 1.82. The van der Waals surface area contributed by atoms with Gasteiger partial charge in [-0.2, -0.15) is 5.10 Å². The molecule has 0 saturated carbocycles. The minimum atomic E-state index is 0.601. The SMILES string of the molecule is NCCn1ccc(-c2ccccn2)n1. The van der Waals surface area contributed by atoms with Crippen molar-refractivity contribution >= 4 is 0 Å². The molecular weight excluding hydrogens is 176 g/mol. The first-order chi connectivity index (χ1) is 6.90. The lowest BCUT2D eigenvalue weighted by molar-refractivity contribution is 0.626. The summed E-state index contributed by atoms with van der Waals surface area (Å²) in [5.74, 6) is 0. The lowest BCUT2D eigenvalue weighted by Crippen LogP contribution is -2.10. The van der Waals surface area contributed by atoms with Crippen LogP contribution in [0.4, 0.5) is 0 Å². The van der Waals surface area contributed by atoms with E-state index in [9.17, 15) is 0 Å². The quantitative estimate of drug-likeness (QED) is 0.778. The van der Waals surface area contributed by atoms with Gasteiger partial charge in [0, 0.05) is 18.9 Å². The normalized spacial score (nSPS) is 10.4. The molecule has 0 radical (unpaired) electrons. The second-order valence-electron chi connectivity index (χ2n) is 2.97. The molecule has 0 aromatic carbocycles. The molecule has 0 amide bonds. The summed E-state index contributed by atoms with van der Waals surface area (Å²) >= 11 is 0. The highest BCUT2D eigenvalue weighted by Crippen LogP contribution is 2.12. The minimum absolute atomic E-state index is 0.601. The molecule has 2 aromatic heterocycles. The summed E-state index contributed by atoms with van der Waals surface area (Å²) in [6, 6.07) is 7.72. The average molecular weight is 188 g/mol. The first-order valence-corrected chi connectivity index (χ1v) is 4.55. The molecule has 0 spiro atoms. The maximum atomic E-state index is 5.43. The van der Waals surface area contributed by atoms with Crippen molar-refractivity contribution in [3.63, 3.8) is 0 Å². The van der Waals surface area contributed by atoms with E-state index >= 15 is 0 Å². The molecule has 4 nitrogen and oxygen atoms in total. The number of rotatable bonds is 3. The summed E-state index contributed by atoms with van der Waals surface area (Å²) in [7, 11) is 0. The number of nitrogens with zero attached hydrogens (tertiary/aromatic N) is 3. The van der Waals surface area contributed by atoms with Gasteiger partial charge in [-0.15, -0.1) is 0 Å². The van der Waals surface area contributed by atoms with Gasteiger partial charge in [-0.25, -0.2) is 0 Å². The molecule has 0 bridgehead atoms. The standard InChI is InChI=1S/C10H12N4/c11-5-8-14-7-4-10(13-14)9-3-1-2-6-12-9/h1-4,6-7H,5,8,11H2. The highest BCUT2D eigenvalue weighted by Gasteiger charge is 2.01. The van der Waals surface area contributed by atoms with E-state index in [1.165, 1.54) is 0 Å². The van der Waals surface area contributed by atoms with Crippen LogP contribution in [0, 0.1) is 0 Å². The van der Waals surface area contributed by atoms with Crippen molar-refractivity contribution in [2.24, 2.45) is 5.73 Å². The third-order valence-electron chi connectivity index (χ3n) is 1.93. The Labute approximate surface area is 82.4 Å².